The second kappa shape index (κ2) is 10.4. The quantitative estimate of drug-likeness (QED) is 0.342. The number of fused-ring (bicyclic) bond motifs is 1. The van der Waals surface area contributed by atoms with Crippen LogP contribution in [0.2, 0.25) is 0 Å². The first kappa shape index (κ1) is 24.5. The SMILES string of the molecule is CC[C@H](Nc1cc(NC[C@H]2CCOC2)n2ncc(-c3ccc(C(=O)NC4CC4)c(C)c3)c2n1)[C@H](C)O. The van der Waals surface area contributed by atoms with Crippen LogP contribution in [0.1, 0.15) is 55.5 Å². The van der Waals surface area contributed by atoms with Crippen LogP contribution in [-0.2, 0) is 4.74 Å². The van der Waals surface area contributed by atoms with Gasteiger partial charge in [0.1, 0.15) is 11.6 Å². The minimum atomic E-state index is -0.513. The van der Waals surface area contributed by atoms with E-state index in [1.165, 1.54) is 0 Å². The van der Waals surface area contributed by atoms with Gasteiger partial charge in [0.25, 0.3) is 5.91 Å². The normalized spacial score (nSPS) is 19.3. The molecule has 1 aromatic carbocycles. The molecule has 0 bridgehead atoms. The first-order valence-corrected chi connectivity index (χ1v) is 13.0. The van der Waals surface area contributed by atoms with Crippen molar-refractivity contribution in [2.75, 3.05) is 30.4 Å². The summed E-state index contributed by atoms with van der Waals surface area (Å²) in [6.07, 6.45) is 5.23. The van der Waals surface area contributed by atoms with E-state index in [4.69, 9.17) is 9.72 Å². The van der Waals surface area contributed by atoms with Gasteiger partial charge in [0, 0.05) is 42.3 Å². The van der Waals surface area contributed by atoms with Gasteiger partial charge in [-0.2, -0.15) is 9.61 Å². The smallest absolute Gasteiger partial charge is 0.251 e. The van der Waals surface area contributed by atoms with Crippen LogP contribution in [0, 0.1) is 12.8 Å². The number of nitrogens with one attached hydrogen (secondary N) is 3. The zero-order valence-electron chi connectivity index (χ0n) is 21.3. The number of carbonyl (C=O) groups excluding carboxylic acids is 1. The van der Waals surface area contributed by atoms with Gasteiger partial charge in [-0.1, -0.05) is 19.1 Å². The Morgan fingerprint density at radius 1 is 1.28 bits per heavy atom. The fraction of sp³-hybridized carbons (Fsp3) is 0.519. The van der Waals surface area contributed by atoms with Gasteiger partial charge >= 0.3 is 0 Å². The summed E-state index contributed by atoms with van der Waals surface area (Å²) < 4.78 is 7.35. The van der Waals surface area contributed by atoms with E-state index in [2.05, 4.69) is 21.0 Å². The lowest BCUT2D eigenvalue weighted by atomic mass is 10.0. The summed E-state index contributed by atoms with van der Waals surface area (Å²) in [5, 5.41) is 24.8. The van der Waals surface area contributed by atoms with Crippen molar-refractivity contribution < 1.29 is 14.6 Å². The fourth-order valence-electron chi connectivity index (χ4n) is 4.69. The van der Waals surface area contributed by atoms with Gasteiger partial charge in [-0.3, -0.25) is 4.79 Å². The van der Waals surface area contributed by atoms with Gasteiger partial charge in [0.15, 0.2) is 5.65 Å². The van der Waals surface area contributed by atoms with E-state index >= 15 is 0 Å². The maximum atomic E-state index is 12.6. The maximum Gasteiger partial charge on any atom is 0.251 e. The number of aliphatic hydroxyl groups excluding tert-OH is 1. The molecule has 1 aliphatic carbocycles. The van der Waals surface area contributed by atoms with Crippen molar-refractivity contribution in [3.05, 3.63) is 41.6 Å². The third kappa shape index (κ3) is 5.32. The summed E-state index contributed by atoms with van der Waals surface area (Å²) in [6, 6.07) is 8.01. The number of hydrogen-bond donors (Lipinski definition) is 4. The van der Waals surface area contributed by atoms with Crippen molar-refractivity contribution >= 4 is 23.2 Å². The Bertz CT molecular complexity index is 1230. The molecule has 2 fully saturated rings. The summed E-state index contributed by atoms with van der Waals surface area (Å²) >= 11 is 0. The molecule has 36 heavy (non-hydrogen) atoms. The summed E-state index contributed by atoms with van der Waals surface area (Å²) in [5.41, 5.74) is 4.15. The fourth-order valence-corrected chi connectivity index (χ4v) is 4.69. The first-order chi connectivity index (χ1) is 17.4. The highest BCUT2D eigenvalue weighted by Crippen LogP contribution is 2.30. The Morgan fingerprint density at radius 2 is 2.11 bits per heavy atom. The number of hydrogen-bond acceptors (Lipinski definition) is 7. The van der Waals surface area contributed by atoms with Gasteiger partial charge in [0.2, 0.25) is 0 Å². The number of aliphatic hydroxyl groups is 1. The molecular weight excluding hydrogens is 456 g/mol. The molecule has 2 aromatic heterocycles. The lowest BCUT2D eigenvalue weighted by Gasteiger charge is -2.21. The average Bonchev–Trinajstić information content (AvgIpc) is 3.33. The van der Waals surface area contributed by atoms with Crippen LogP contribution < -0.4 is 16.0 Å². The molecule has 0 unspecified atom stereocenters. The van der Waals surface area contributed by atoms with Crippen LogP contribution in [-0.4, -0.2) is 63.6 Å². The van der Waals surface area contributed by atoms with Crippen LogP contribution in [0.25, 0.3) is 16.8 Å². The highest BCUT2D eigenvalue weighted by atomic mass is 16.5. The molecule has 9 heteroatoms. The van der Waals surface area contributed by atoms with E-state index in [0.29, 0.717) is 29.0 Å². The number of nitrogens with zero attached hydrogens (tertiary/aromatic N) is 3. The molecule has 1 aliphatic heterocycles. The Kier molecular flexibility index (Phi) is 7.11. The van der Waals surface area contributed by atoms with Crippen LogP contribution in [0.4, 0.5) is 11.6 Å². The second-order valence-corrected chi connectivity index (χ2v) is 10.1. The molecule has 0 spiro atoms. The van der Waals surface area contributed by atoms with Gasteiger partial charge in [-0.15, -0.1) is 0 Å². The molecule has 1 amide bonds. The lowest BCUT2D eigenvalue weighted by molar-refractivity contribution is 0.0950. The highest BCUT2D eigenvalue weighted by Gasteiger charge is 2.25. The average molecular weight is 493 g/mol. The molecule has 1 saturated heterocycles. The summed E-state index contributed by atoms with van der Waals surface area (Å²) in [7, 11) is 0. The third-order valence-corrected chi connectivity index (χ3v) is 7.12. The Hall–Kier alpha value is -3.17. The molecule has 9 nitrogen and oxygen atoms in total. The molecule has 0 radical (unpaired) electrons. The van der Waals surface area contributed by atoms with E-state index in [-0.39, 0.29) is 11.9 Å². The van der Waals surface area contributed by atoms with E-state index in [1.807, 2.05) is 48.8 Å². The van der Waals surface area contributed by atoms with E-state index in [9.17, 15) is 9.90 Å². The third-order valence-electron chi connectivity index (χ3n) is 7.12. The summed E-state index contributed by atoms with van der Waals surface area (Å²) in [6.45, 7) is 8.13. The van der Waals surface area contributed by atoms with E-state index < -0.39 is 6.10 Å². The van der Waals surface area contributed by atoms with Gasteiger partial charge in [-0.25, -0.2) is 4.98 Å². The van der Waals surface area contributed by atoms with Crippen molar-refractivity contribution in [1.82, 2.24) is 19.9 Å². The van der Waals surface area contributed by atoms with E-state index in [1.54, 1.807) is 6.92 Å². The lowest BCUT2D eigenvalue weighted by Crippen LogP contribution is -2.31. The summed E-state index contributed by atoms with van der Waals surface area (Å²) in [4.78, 5) is 17.5. The second-order valence-electron chi connectivity index (χ2n) is 10.1. The number of ether oxygens (including phenoxy) is 1. The van der Waals surface area contributed by atoms with Crippen molar-refractivity contribution in [2.45, 2.75) is 64.6 Å². The number of benzene rings is 1. The number of aromatic nitrogens is 3. The van der Waals surface area contributed by atoms with Crippen molar-refractivity contribution in [3.63, 3.8) is 0 Å². The zero-order chi connectivity index (χ0) is 25.2. The zero-order valence-corrected chi connectivity index (χ0v) is 21.3. The predicted molar refractivity (Wildman–Crippen MR) is 140 cm³/mol. The number of rotatable bonds is 10. The monoisotopic (exact) mass is 492 g/mol. The largest absolute Gasteiger partial charge is 0.391 e. The maximum absolute atomic E-state index is 12.6. The van der Waals surface area contributed by atoms with E-state index in [0.717, 1.165) is 68.0 Å². The standard InChI is InChI=1S/C27H36N6O3/c1-4-23(17(3)34)31-24-12-25(28-13-18-9-10-36-15-18)33-26(32-24)22(14-29-33)19-5-8-21(16(2)11-19)27(35)30-20-6-7-20/h5,8,11-12,14,17-18,20,23,28,34H,4,6-7,9-10,13,15H2,1-3H3,(H,30,35)(H,31,32)/t17-,18+,23-/m0/s1. The molecule has 1 saturated carbocycles. The molecule has 2 aliphatic rings. The van der Waals surface area contributed by atoms with Crippen molar-refractivity contribution in [3.8, 4) is 11.1 Å². The first-order valence-electron chi connectivity index (χ1n) is 13.0. The van der Waals surface area contributed by atoms with Crippen molar-refractivity contribution in [1.29, 1.82) is 0 Å². The molecule has 192 valence electrons. The molecule has 3 aromatic rings. The van der Waals surface area contributed by atoms with Crippen LogP contribution in [0.3, 0.4) is 0 Å². The van der Waals surface area contributed by atoms with Gasteiger partial charge < -0.3 is 25.8 Å². The van der Waals surface area contributed by atoms with Gasteiger partial charge in [-0.05, 0) is 56.7 Å². The number of anilines is 2. The number of aryl methyl sites for hydroxylation is 1. The van der Waals surface area contributed by atoms with Crippen LogP contribution in [0.15, 0.2) is 30.5 Å². The minimum Gasteiger partial charge on any atom is -0.391 e. The Labute approximate surface area is 211 Å². The Balaban J connectivity index is 1.49. The minimum absolute atomic E-state index is 0.0165. The number of amides is 1. The summed E-state index contributed by atoms with van der Waals surface area (Å²) in [5.74, 6) is 1.95. The topological polar surface area (TPSA) is 113 Å². The van der Waals surface area contributed by atoms with Gasteiger partial charge in [0.05, 0.1) is 24.9 Å². The predicted octanol–water partition coefficient (Wildman–Crippen LogP) is 3.62. The van der Waals surface area contributed by atoms with Crippen LogP contribution >= 0.6 is 0 Å². The molecular formula is C27H36N6O3. The Morgan fingerprint density at radius 3 is 2.78 bits per heavy atom. The highest BCUT2D eigenvalue weighted by molar-refractivity contribution is 5.97. The van der Waals surface area contributed by atoms with Crippen LogP contribution in [0.5, 0.6) is 0 Å². The molecule has 3 atom stereocenters. The molecule has 5 rings (SSSR count). The molecule has 3 heterocycles. The molecule has 4 N–H and O–H groups in total. The van der Waals surface area contributed by atoms with Crippen molar-refractivity contribution in [2.24, 2.45) is 5.92 Å². The number of carbonyl (C=O) groups is 1.